The Hall–Kier alpha value is -1.03. The van der Waals surface area contributed by atoms with Gasteiger partial charge in [0.1, 0.15) is 5.82 Å². The highest BCUT2D eigenvalue weighted by Crippen LogP contribution is 2.29. The molecule has 1 aliphatic carbocycles. The molecule has 4 nitrogen and oxygen atoms in total. The van der Waals surface area contributed by atoms with Crippen LogP contribution in [0.2, 0.25) is 0 Å². The summed E-state index contributed by atoms with van der Waals surface area (Å²) in [4.78, 5) is 0. The zero-order valence-electron chi connectivity index (χ0n) is 8.53. The minimum Gasteiger partial charge on any atom is -0.388 e. The Morgan fingerprint density at radius 1 is 1.57 bits per heavy atom. The van der Waals surface area contributed by atoms with Crippen LogP contribution in [0.1, 0.15) is 25.7 Å². The van der Waals surface area contributed by atoms with E-state index in [9.17, 15) is 5.11 Å². The van der Waals surface area contributed by atoms with Crippen molar-refractivity contribution in [2.45, 2.75) is 31.3 Å². The molecule has 0 aromatic carbocycles. The van der Waals surface area contributed by atoms with Crippen molar-refractivity contribution in [3.63, 3.8) is 0 Å². The third-order valence-electron chi connectivity index (χ3n) is 2.85. The van der Waals surface area contributed by atoms with E-state index in [-0.39, 0.29) is 0 Å². The largest absolute Gasteiger partial charge is 0.388 e. The number of anilines is 1. The molecule has 2 N–H and O–H groups in total. The van der Waals surface area contributed by atoms with Crippen LogP contribution in [0.4, 0.5) is 5.82 Å². The third-order valence-corrected chi connectivity index (χ3v) is 2.85. The number of rotatable bonds is 3. The summed E-state index contributed by atoms with van der Waals surface area (Å²) < 4.78 is 1.75. The van der Waals surface area contributed by atoms with E-state index in [1.807, 2.05) is 19.3 Å². The Morgan fingerprint density at radius 3 is 2.86 bits per heavy atom. The SMILES string of the molecule is Cn1ccc(NCC2(O)CCCC2)n1. The van der Waals surface area contributed by atoms with Gasteiger partial charge in [0, 0.05) is 25.9 Å². The lowest BCUT2D eigenvalue weighted by atomic mass is 10.0. The quantitative estimate of drug-likeness (QED) is 0.760. The molecule has 1 aromatic rings. The summed E-state index contributed by atoms with van der Waals surface area (Å²) >= 11 is 0. The molecule has 1 fully saturated rings. The summed E-state index contributed by atoms with van der Waals surface area (Å²) in [6.07, 6.45) is 5.99. The Labute approximate surface area is 83.9 Å². The second-order valence-electron chi connectivity index (χ2n) is 4.16. The molecular weight excluding hydrogens is 178 g/mol. The van der Waals surface area contributed by atoms with Gasteiger partial charge in [-0.1, -0.05) is 12.8 Å². The second kappa shape index (κ2) is 3.61. The molecular formula is C10H17N3O. The Kier molecular flexibility index (Phi) is 2.46. The van der Waals surface area contributed by atoms with Gasteiger partial charge in [-0.15, -0.1) is 0 Å². The van der Waals surface area contributed by atoms with Crippen molar-refractivity contribution in [1.29, 1.82) is 0 Å². The summed E-state index contributed by atoms with van der Waals surface area (Å²) in [5, 5.41) is 17.4. The van der Waals surface area contributed by atoms with Crippen molar-refractivity contribution in [2.75, 3.05) is 11.9 Å². The first-order valence-corrected chi connectivity index (χ1v) is 5.14. The molecule has 0 saturated heterocycles. The molecule has 0 spiro atoms. The van der Waals surface area contributed by atoms with E-state index in [1.165, 1.54) is 0 Å². The van der Waals surface area contributed by atoms with Gasteiger partial charge in [0.05, 0.1) is 5.60 Å². The monoisotopic (exact) mass is 195 g/mol. The van der Waals surface area contributed by atoms with Gasteiger partial charge in [0.25, 0.3) is 0 Å². The normalized spacial score (nSPS) is 19.9. The van der Waals surface area contributed by atoms with Crippen LogP contribution in [-0.2, 0) is 7.05 Å². The molecule has 1 heterocycles. The van der Waals surface area contributed by atoms with E-state index in [4.69, 9.17) is 0 Å². The maximum Gasteiger partial charge on any atom is 0.148 e. The molecule has 1 saturated carbocycles. The zero-order chi connectivity index (χ0) is 10.0. The lowest BCUT2D eigenvalue weighted by Crippen LogP contribution is -2.33. The van der Waals surface area contributed by atoms with Crippen LogP contribution in [0, 0.1) is 0 Å². The van der Waals surface area contributed by atoms with Gasteiger partial charge in [-0.25, -0.2) is 0 Å². The van der Waals surface area contributed by atoms with Crippen molar-refractivity contribution in [2.24, 2.45) is 7.05 Å². The van der Waals surface area contributed by atoms with Gasteiger partial charge in [-0.3, -0.25) is 4.68 Å². The van der Waals surface area contributed by atoms with Gasteiger partial charge in [-0.2, -0.15) is 5.10 Å². The highest BCUT2D eigenvalue weighted by atomic mass is 16.3. The van der Waals surface area contributed by atoms with Crippen LogP contribution >= 0.6 is 0 Å². The highest BCUT2D eigenvalue weighted by Gasteiger charge is 2.30. The van der Waals surface area contributed by atoms with E-state index in [2.05, 4.69) is 10.4 Å². The summed E-state index contributed by atoms with van der Waals surface area (Å²) in [5.41, 5.74) is -0.502. The topological polar surface area (TPSA) is 50.1 Å². The highest BCUT2D eigenvalue weighted by molar-refractivity contribution is 5.32. The van der Waals surface area contributed by atoms with Gasteiger partial charge in [0.2, 0.25) is 0 Å². The fraction of sp³-hybridized carbons (Fsp3) is 0.700. The van der Waals surface area contributed by atoms with Crippen molar-refractivity contribution in [3.8, 4) is 0 Å². The zero-order valence-corrected chi connectivity index (χ0v) is 8.53. The Balaban J connectivity index is 1.87. The molecule has 78 valence electrons. The predicted octanol–water partition coefficient (Wildman–Crippen LogP) is 1.14. The van der Waals surface area contributed by atoms with E-state index in [0.29, 0.717) is 6.54 Å². The molecule has 1 aromatic heterocycles. The third kappa shape index (κ3) is 2.07. The first-order valence-electron chi connectivity index (χ1n) is 5.14. The van der Waals surface area contributed by atoms with E-state index < -0.39 is 5.60 Å². The minimum atomic E-state index is -0.502. The molecule has 14 heavy (non-hydrogen) atoms. The van der Waals surface area contributed by atoms with Crippen LogP contribution in [0.3, 0.4) is 0 Å². The lowest BCUT2D eigenvalue weighted by molar-refractivity contribution is 0.0614. The summed E-state index contributed by atoms with van der Waals surface area (Å²) in [6.45, 7) is 0.615. The summed E-state index contributed by atoms with van der Waals surface area (Å²) in [6, 6.07) is 1.91. The number of aryl methyl sites for hydroxylation is 1. The number of hydrogen-bond acceptors (Lipinski definition) is 3. The smallest absolute Gasteiger partial charge is 0.148 e. The van der Waals surface area contributed by atoms with Gasteiger partial charge in [-0.05, 0) is 12.8 Å². The number of aliphatic hydroxyl groups is 1. The van der Waals surface area contributed by atoms with Crippen LogP contribution in [0.25, 0.3) is 0 Å². The first kappa shape index (κ1) is 9.52. The van der Waals surface area contributed by atoms with Gasteiger partial charge in [0.15, 0.2) is 0 Å². The fourth-order valence-electron chi connectivity index (χ4n) is 1.97. The van der Waals surface area contributed by atoms with Crippen LogP contribution < -0.4 is 5.32 Å². The fourth-order valence-corrected chi connectivity index (χ4v) is 1.97. The second-order valence-corrected chi connectivity index (χ2v) is 4.16. The van der Waals surface area contributed by atoms with E-state index >= 15 is 0 Å². The van der Waals surface area contributed by atoms with E-state index in [1.54, 1.807) is 4.68 Å². The first-order chi connectivity index (χ1) is 6.68. The molecule has 4 heteroatoms. The number of nitrogens with one attached hydrogen (secondary N) is 1. The summed E-state index contributed by atoms with van der Waals surface area (Å²) in [7, 11) is 1.88. The summed E-state index contributed by atoms with van der Waals surface area (Å²) in [5.74, 6) is 0.841. The van der Waals surface area contributed by atoms with E-state index in [0.717, 1.165) is 31.5 Å². The predicted molar refractivity (Wildman–Crippen MR) is 55.1 cm³/mol. The van der Waals surface area contributed by atoms with Crippen LogP contribution in [-0.4, -0.2) is 27.0 Å². The molecule has 0 amide bonds. The molecule has 1 aliphatic rings. The van der Waals surface area contributed by atoms with Crippen LogP contribution in [0.5, 0.6) is 0 Å². The average molecular weight is 195 g/mol. The molecule has 0 atom stereocenters. The maximum absolute atomic E-state index is 10.1. The molecule has 0 unspecified atom stereocenters. The average Bonchev–Trinajstić information content (AvgIpc) is 2.73. The molecule has 0 aliphatic heterocycles. The van der Waals surface area contributed by atoms with Crippen molar-refractivity contribution < 1.29 is 5.11 Å². The Bertz CT molecular complexity index is 302. The Morgan fingerprint density at radius 2 is 2.29 bits per heavy atom. The van der Waals surface area contributed by atoms with Gasteiger partial charge >= 0.3 is 0 Å². The molecule has 2 rings (SSSR count). The maximum atomic E-state index is 10.1. The minimum absolute atomic E-state index is 0.502. The van der Waals surface area contributed by atoms with Crippen molar-refractivity contribution in [1.82, 2.24) is 9.78 Å². The number of aromatic nitrogens is 2. The van der Waals surface area contributed by atoms with Crippen LogP contribution in [0.15, 0.2) is 12.3 Å². The number of hydrogen-bond donors (Lipinski definition) is 2. The standard InChI is InChI=1S/C10H17N3O/c1-13-7-4-9(12-13)11-8-10(14)5-2-3-6-10/h4,7,14H,2-3,5-6,8H2,1H3,(H,11,12). The lowest BCUT2D eigenvalue weighted by Gasteiger charge is -2.22. The van der Waals surface area contributed by atoms with Gasteiger partial charge < -0.3 is 10.4 Å². The molecule has 0 radical (unpaired) electrons. The van der Waals surface area contributed by atoms with Crippen molar-refractivity contribution >= 4 is 5.82 Å². The number of nitrogens with zero attached hydrogens (tertiary/aromatic N) is 2. The van der Waals surface area contributed by atoms with Crippen molar-refractivity contribution in [3.05, 3.63) is 12.3 Å². The molecule has 0 bridgehead atoms.